The highest BCUT2D eigenvalue weighted by Crippen LogP contribution is 2.28. The zero-order chi connectivity index (χ0) is 21.1. The van der Waals surface area contributed by atoms with Crippen LogP contribution in [0.5, 0.6) is 5.75 Å². The number of carbonyl (C=O) groups excluding carboxylic acids is 2. The van der Waals surface area contributed by atoms with Crippen molar-refractivity contribution in [2.45, 2.75) is 38.0 Å². The van der Waals surface area contributed by atoms with Crippen LogP contribution in [0, 0.1) is 5.82 Å². The van der Waals surface area contributed by atoms with E-state index in [1.807, 2.05) is 4.90 Å². The fourth-order valence-electron chi connectivity index (χ4n) is 4.02. The lowest BCUT2D eigenvalue weighted by Crippen LogP contribution is -2.38. The summed E-state index contributed by atoms with van der Waals surface area (Å²) < 4.78 is 24.5. The van der Waals surface area contributed by atoms with Crippen LogP contribution in [-0.4, -0.2) is 65.1 Å². The number of aromatic nitrogens is 2. The highest BCUT2D eigenvalue weighted by Gasteiger charge is 2.29. The first kappa shape index (κ1) is 20.3. The molecule has 0 aliphatic carbocycles. The number of rotatable bonds is 5. The molecule has 0 radical (unpaired) electrons. The van der Waals surface area contributed by atoms with E-state index in [9.17, 15) is 14.0 Å². The second-order valence-electron chi connectivity index (χ2n) is 7.71. The van der Waals surface area contributed by atoms with E-state index in [0.717, 1.165) is 25.9 Å². The minimum absolute atomic E-state index is 0.0230. The summed E-state index contributed by atoms with van der Waals surface area (Å²) >= 11 is 0. The molecule has 0 atom stereocenters. The number of methoxy groups -OCH3 is 1. The molecular weight excluding hydrogens is 391 g/mol. The van der Waals surface area contributed by atoms with E-state index in [4.69, 9.17) is 9.15 Å². The summed E-state index contributed by atoms with van der Waals surface area (Å²) in [4.78, 5) is 28.4. The Balaban J connectivity index is 1.32. The summed E-state index contributed by atoms with van der Waals surface area (Å²) in [6.07, 6.45) is 3.56. The Hall–Kier alpha value is -2.97. The fraction of sp³-hybridized carbons (Fsp3) is 0.524. The van der Waals surface area contributed by atoms with E-state index in [-0.39, 0.29) is 29.9 Å². The molecule has 1 aromatic heterocycles. The Morgan fingerprint density at radius 1 is 1.13 bits per heavy atom. The van der Waals surface area contributed by atoms with Gasteiger partial charge in [-0.1, -0.05) is 0 Å². The second kappa shape index (κ2) is 8.81. The number of amides is 2. The number of carbonyl (C=O) groups is 2. The zero-order valence-electron chi connectivity index (χ0n) is 17.0. The van der Waals surface area contributed by atoms with Crippen molar-refractivity contribution in [1.29, 1.82) is 0 Å². The molecule has 4 rings (SSSR count). The third-order valence-electron chi connectivity index (χ3n) is 5.77. The smallest absolute Gasteiger partial charge is 0.253 e. The van der Waals surface area contributed by atoms with Gasteiger partial charge >= 0.3 is 0 Å². The summed E-state index contributed by atoms with van der Waals surface area (Å²) in [6.45, 7) is 2.62. The first-order chi connectivity index (χ1) is 14.5. The number of piperidine rings is 1. The van der Waals surface area contributed by atoms with E-state index in [0.29, 0.717) is 43.3 Å². The average Bonchev–Trinajstić information content (AvgIpc) is 3.46. The van der Waals surface area contributed by atoms with E-state index >= 15 is 0 Å². The molecule has 0 bridgehead atoms. The number of hydrogen-bond acceptors (Lipinski definition) is 6. The molecule has 160 valence electrons. The van der Waals surface area contributed by atoms with Crippen LogP contribution >= 0.6 is 0 Å². The highest BCUT2D eigenvalue weighted by atomic mass is 19.1. The third-order valence-corrected chi connectivity index (χ3v) is 5.77. The number of likely N-dealkylation sites (tertiary alicyclic amines) is 2. The predicted molar refractivity (Wildman–Crippen MR) is 105 cm³/mol. The molecule has 0 spiro atoms. The maximum absolute atomic E-state index is 13.9. The molecule has 9 heteroatoms. The van der Waals surface area contributed by atoms with Gasteiger partial charge in [0.15, 0.2) is 11.6 Å². The predicted octanol–water partition coefficient (Wildman–Crippen LogP) is 2.40. The largest absolute Gasteiger partial charge is 0.494 e. The lowest BCUT2D eigenvalue weighted by Gasteiger charge is -2.30. The number of ether oxygens (including phenoxy) is 1. The van der Waals surface area contributed by atoms with E-state index < -0.39 is 5.82 Å². The van der Waals surface area contributed by atoms with E-state index in [2.05, 4.69) is 10.2 Å². The minimum Gasteiger partial charge on any atom is -0.494 e. The lowest BCUT2D eigenvalue weighted by atomic mass is 9.96. The zero-order valence-corrected chi connectivity index (χ0v) is 17.0. The van der Waals surface area contributed by atoms with Crippen molar-refractivity contribution < 1.29 is 23.1 Å². The average molecular weight is 416 g/mol. The van der Waals surface area contributed by atoms with Crippen LogP contribution < -0.4 is 4.74 Å². The number of benzene rings is 1. The molecule has 30 heavy (non-hydrogen) atoms. The first-order valence-electron chi connectivity index (χ1n) is 10.3. The molecule has 2 fully saturated rings. The molecule has 0 saturated carbocycles. The van der Waals surface area contributed by atoms with Crippen molar-refractivity contribution in [3.05, 3.63) is 41.4 Å². The topological polar surface area (TPSA) is 88.8 Å². The Morgan fingerprint density at radius 2 is 1.87 bits per heavy atom. The van der Waals surface area contributed by atoms with Crippen molar-refractivity contribution in [3.8, 4) is 5.75 Å². The number of hydrogen-bond donors (Lipinski definition) is 0. The molecule has 2 aliphatic heterocycles. The van der Waals surface area contributed by atoms with Gasteiger partial charge in [0.25, 0.3) is 5.91 Å². The summed E-state index contributed by atoms with van der Waals surface area (Å²) in [5, 5.41) is 8.16. The maximum Gasteiger partial charge on any atom is 0.253 e. The second-order valence-corrected chi connectivity index (χ2v) is 7.71. The van der Waals surface area contributed by atoms with Crippen LogP contribution in [0.3, 0.4) is 0 Å². The van der Waals surface area contributed by atoms with Crippen LogP contribution in [0.25, 0.3) is 0 Å². The molecule has 8 nitrogen and oxygen atoms in total. The Labute approximate surface area is 174 Å². The Kier molecular flexibility index (Phi) is 5.96. The molecule has 2 aliphatic rings. The van der Waals surface area contributed by atoms with Gasteiger partial charge < -0.3 is 19.0 Å². The van der Waals surface area contributed by atoms with Gasteiger partial charge in [-0.25, -0.2) is 4.39 Å². The third kappa shape index (κ3) is 4.29. The molecule has 2 aromatic rings. The summed E-state index contributed by atoms with van der Waals surface area (Å²) in [7, 11) is 1.38. The molecule has 2 saturated heterocycles. The van der Waals surface area contributed by atoms with E-state index in [1.54, 1.807) is 11.0 Å². The number of nitrogens with zero attached hydrogens (tertiary/aromatic N) is 4. The molecule has 0 unspecified atom stereocenters. The van der Waals surface area contributed by atoms with Crippen LogP contribution in [0.2, 0.25) is 0 Å². The van der Waals surface area contributed by atoms with Gasteiger partial charge in [-0.3, -0.25) is 9.59 Å². The molecule has 0 N–H and O–H groups in total. The normalized spacial score (nSPS) is 17.4. The SMILES string of the molecule is COc1ccc(C(=O)N2CCC(c3nnc(CC(=O)N4CCCC4)o3)CC2)cc1F. The highest BCUT2D eigenvalue weighted by molar-refractivity contribution is 5.94. The first-order valence-corrected chi connectivity index (χ1v) is 10.3. The Bertz CT molecular complexity index is 917. The van der Waals surface area contributed by atoms with Crippen LogP contribution in [0.15, 0.2) is 22.6 Å². The number of halogens is 1. The molecule has 1 aromatic carbocycles. The fourth-order valence-corrected chi connectivity index (χ4v) is 4.02. The van der Waals surface area contributed by atoms with Gasteiger partial charge in [0, 0.05) is 37.7 Å². The van der Waals surface area contributed by atoms with Crippen molar-refractivity contribution in [1.82, 2.24) is 20.0 Å². The van der Waals surface area contributed by atoms with Gasteiger partial charge in [0.05, 0.1) is 7.11 Å². The van der Waals surface area contributed by atoms with Gasteiger partial charge in [0.1, 0.15) is 6.42 Å². The van der Waals surface area contributed by atoms with Crippen LogP contribution in [0.4, 0.5) is 4.39 Å². The van der Waals surface area contributed by atoms with Crippen molar-refractivity contribution in [2.24, 2.45) is 0 Å². The molecule has 3 heterocycles. The lowest BCUT2D eigenvalue weighted by molar-refractivity contribution is -0.129. The summed E-state index contributed by atoms with van der Waals surface area (Å²) in [5.74, 6) is 0.272. The Morgan fingerprint density at radius 3 is 2.53 bits per heavy atom. The monoisotopic (exact) mass is 416 g/mol. The van der Waals surface area contributed by atoms with Gasteiger partial charge in [-0.2, -0.15) is 0 Å². The summed E-state index contributed by atoms with van der Waals surface area (Å²) in [6, 6.07) is 4.23. The van der Waals surface area contributed by atoms with Crippen LogP contribution in [-0.2, 0) is 11.2 Å². The minimum atomic E-state index is -0.555. The van der Waals surface area contributed by atoms with Crippen LogP contribution in [0.1, 0.15) is 53.7 Å². The van der Waals surface area contributed by atoms with Crippen molar-refractivity contribution in [3.63, 3.8) is 0 Å². The standard InChI is InChI=1S/C21H25FN4O4/c1-29-17-5-4-15(12-16(17)22)21(28)26-10-6-14(7-11-26)20-24-23-18(30-20)13-19(27)25-8-2-3-9-25/h4-5,12,14H,2-3,6-11,13H2,1H3. The van der Waals surface area contributed by atoms with Gasteiger partial charge in [0.2, 0.25) is 17.7 Å². The quantitative estimate of drug-likeness (QED) is 0.744. The molecular formula is C21H25FN4O4. The maximum atomic E-state index is 13.9. The van der Waals surface area contributed by atoms with E-state index in [1.165, 1.54) is 19.2 Å². The van der Waals surface area contributed by atoms with Gasteiger partial charge in [-0.05, 0) is 43.9 Å². The molecule has 2 amide bonds. The van der Waals surface area contributed by atoms with Crippen molar-refractivity contribution in [2.75, 3.05) is 33.3 Å². The van der Waals surface area contributed by atoms with Gasteiger partial charge in [-0.15, -0.1) is 10.2 Å². The van der Waals surface area contributed by atoms with Crippen molar-refractivity contribution >= 4 is 11.8 Å². The summed E-state index contributed by atoms with van der Waals surface area (Å²) in [5.41, 5.74) is 0.298.